The van der Waals surface area contributed by atoms with Gasteiger partial charge in [-0.1, -0.05) is 6.92 Å². The molecule has 0 aromatic rings. The van der Waals surface area contributed by atoms with E-state index in [1.807, 2.05) is 0 Å². The molecule has 0 radical (unpaired) electrons. The van der Waals surface area contributed by atoms with Crippen LogP contribution in [0.2, 0.25) is 0 Å². The first-order valence-electron chi connectivity index (χ1n) is 4.23. The molecule has 0 heterocycles. The summed E-state index contributed by atoms with van der Waals surface area (Å²) in [6, 6.07) is 0. The van der Waals surface area contributed by atoms with Crippen LogP contribution in [0.5, 0.6) is 0 Å². The molecular formula is C8H16N2O3. The number of hydrogen-bond donors (Lipinski definition) is 2. The highest BCUT2D eigenvalue weighted by Gasteiger charge is 2.08. The molecule has 0 rings (SSSR count). The van der Waals surface area contributed by atoms with Crippen LogP contribution in [0.4, 0.5) is 0 Å². The molecule has 3 N–H and O–H groups in total. The number of ether oxygens (including phenoxy) is 1. The number of hydrogen-bond acceptors (Lipinski definition) is 4. The fourth-order valence-electron chi connectivity index (χ4n) is 0.703. The fraction of sp³-hybridized carbons (Fsp3) is 0.750. The molecule has 13 heavy (non-hydrogen) atoms. The predicted molar refractivity (Wildman–Crippen MR) is 47.9 cm³/mol. The Bertz CT molecular complexity index is 182. The average Bonchev–Trinajstić information content (AvgIpc) is 2.04. The summed E-state index contributed by atoms with van der Waals surface area (Å²) >= 11 is 0. The van der Waals surface area contributed by atoms with Crippen LogP contribution in [-0.2, 0) is 14.3 Å². The van der Waals surface area contributed by atoms with E-state index < -0.39 is 0 Å². The molecule has 0 aliphatic rings. The molecule has 0 aliphatic carbocycles. The molecule has 1 amide bonds. The lowest BCUT2D eigenvalue weighted by Gasteiger charge is -2.07. The average molecular weight is 188 g/mol. The van der Waals surface area contributed by atoms with E-state index in [2.05, 4.69) is 10.1 Å². The highest BCUT2D eigenvalue weighted by atomic mass is 16.5. The summed E-state index contributed by atoms with van der Waals surface area (Å²) in [4.78, 5) is 21.4. The molecule has 5 heteroatoms. The van der Waals surface area contributed by atoms with Gasteiger partial charge < -0.3 is 15.8 Å². The molecule has 0 saturated carbocycles. The third kappa shape index (κ3) is 6.10. The van der Waals surface area contributed by atoms with Crippen molar-refractivity contribution in [2.75, 3.05) is 19.7 Å². The Hall–Kier alpha value is -1.10. The summed E-state index contributed by atoms with van der Waals surface area (Å²) < 4.78 is 4.67. The normalized spacial score (nSPS) is 12.2. The minimum atomic E-state index is -0.378. The second kappa shape index (κ2) is 6.42. The number of esters is 1. The predicted octanol–water partition coefficient (Wildman–Crippen LogP) is -0.739. The van der Waals surface area contributed by atoms with Crippen LogP contribution in [0.25, 0.3) is 0 Å². The minimum absolute atomic E-state index is 0.117. The Morgan fingerprint density at radius 2 is 2.15 bits per heavy atom. The quantitative estimate of drug-likeness (QED) is 0.538. The fourth-order valence-corrected chi connectivity index (χ4v) is 0.703. The zero-order chi connectivity index (χ0) is 10.3. The van der Waals surface area contributed by atoms with Crippen LogP contribution < -0.4 is 11.1 Å². The lowest BCUT2D eigenvalue weighted by molar-refractivity contribution is -0.142. The van der Waals surface area contributed by atoms with Crippen LogP contribution in [0.3, 0.4) is 0 Å². The van der Waals surface area contributed by atoms with Gasteiger partial charge in [-0.2, -0.15) is 0 Å². The molecule has 1 atom stereocenters. The van der Waals surface area contributed by atoms with Crippen molar-refractivity contribution in [2.24, 2.45) is 11.7 Å². The summed E-state index contributed by atoms with van der Waals surface area (Å²) in [5.41, 5.74) is 5.02. The van der Waals surface area contributed by atoms with Crippen LogP contribution in [0.15, 0.2) is 0 Å². The maximum Gasteiger partial charge on any atom is 0.319 e. The van der Waals surface area contributed by atoms with Gasteiger partial charge in [-0.25, -0.2) is 0 Å². The van der Waals surface area contributed by atoms with Crippen LogP contribution >= 0.6 is 0 Å². The van der Waals surface area contributed by atoms with Crippen molar-refractivity contribution in [3.63, 3.8) is 0 Å². The van der Waals surface area contributed by atoms with E-state index in [0.29, 0.717) is 13.2 Å². The molecule has 1 unspecified atom stereocenters. The standard InChI is InChI=1S/C8H16N2O3/c1-3-13-7(11)5-10-4-6(2)8(9)12/h6,10H,3-5H2,1-2H3,(H2,9,12). The van der Waals surface area contributed by atoms with Crippen LogP contribution in [-0.4, -0.2) is 31.6 Å². The van der Waals surface area contributed by atoms with E-state index in [4.69, 9.17) is 5.73 Å². The molecule has 0 aliphatic heterocycles. The number of carbonyl (C=O) groups is 2. The Morgan fingerprint density at radius 1 is 1.54 bits per heavy atom. The van der Waals surface area contributed by atoms with Crippen molar-refractivity contribution in [3.8, 4) is 0 Å². The van der Waals surface area contributed by atoms with E-state index in [1.54, 1.807) is 13.8 Å². The SMILES string of the molecule is CCOC(=O)CNCC(C)C(N)=O. The number of nitrogens with two attached hydrogens (primary N) is 1. The van der Waals surface area contributed by atoms with E-state index in [0.717, 1.165) is 0 Å². The highest BCUT2D eigenvalue weighted by Crippen LogP contribution is 1.88. The number of rotatable bonds is 6. The first-order chi connectivity index (χ1) is 6.07. The van der Waals surface area contributed by atoms with E-state index >= 15 is 0 Å². The monoisotopic (exact) mass is 188 g/mol. The van der Waals surface area contributed by atoms with Crippen molar-refractivity contribution in [3.05, 3.63) is 0 Å². The van der Waals surface area contributed by atoms with Crippen molar-refractivity contribution in [2.45, 2.75) is 13.8 Å². The van der Waals surface area contributed by atoms with Gasteiger partial charge in [-0.3, -0.25) is 9.59 Å². The highest BCUT2D eigenvalue weighted by molar-refractivity contribution is 5.76. The van der Waals surface area contributed by atoms with Gasteiger partial charge in [0.15, 0.2) is 0 Å². The molecule has 0 aromatic heterocycles. The molecular weight excluding hydrogens is 172 g/mol. The zero-order valence-corrected chi connectivity index (χ0v) is 8.00. The lowest BCUT2D eigenvalue weighted by Crippen LogP contribution is -2.34. The van der Waals surface area contributed by atoms with Gasteiger partial charge in [0.05, 0.1) is 13.2 Å². The molecule has 0 saturated heterocycles. The molecule has 5 nitrogen and oxygen atoms in total. The summed E-state index contributed by atoms with van der Waals surface area (Å²) in [5.74, 6) is -0.968. The summed E-state index contributed by atoms with van der Waals surface area (Å²) in [5, 5.41) is 2.78. The minimum Gasteiger partial charge on any atom is -0.465 e. The van der Waals surface area contributed by atoms with Gasteiger partial charge in [0, 0.05) is 12.5 Å². The summed E-state index contributed by atoms with van der Waals surface area (Å²) in [6.07, 6.45) is 0. The van der Waals surface area contributed by atoms with Crippen LogP contribution in [0.1, 0.15) is 13.8 Å². The van der Waals surface area contributed by atoms with Crippen molar-refractivity contribution >= 4 is 11.9 Å². The molecule has 0 bridgehead atoms. The largest absolute Gasteiger partial charge is 0.465 e. The van der Waals surface area contributed by atoms with Gasteiger partial charge in [0.1, 0.15) is 0 Å². The van der Waals surface area contributed by atoms with Gasteiger partial charge >= 0.3 is 5.97 Å². The van der Waals surface area contributed by atoms with Gasteiger partial charge in [-0.05, 0) is 6.92 Å². The summed E-state index contributed by atoms with van der Waals surface area (Å²) in [7, 11) is 0. The topological polar surface area (TPSA) is 81.4 Å². The second-order valence-electron chi connectivity index (χ2n) is 2.74. The van der Waals surface area contributed by atoms with Gasteiger partial charge in [0.2, 0.25) is 5.91 Å². The van der Waals surface area contributed by atoms with E-state index in [9.17, 15) is 9.59 Å². The molecule has 0 aromatic carbocycles. The van der Waals surface area contributed by atoms with Gasteiger partial charge in [0.25, 0.3) is 0 Å². The Labute approximate surface area is 77.6 Å². The number of carbonyl (C=O) groups excluding carboxylic acids is 2. The number of primary amides is 1. The van der Waals surface area contributed by atoms with E-state index in [-0.39, 0.29) is 24.3 Å². The first kappa shape index (κ1) is 11.9. The van der Waals surface area contributed by atoms with Crippen LogP contribution in [0, 0.1) is 5.92 Å². The Balaban J connectivity index is 3.44. The maximum absolute atomic E-state index is 10.8. The van der Waals surface area contributed by atoms with Crippen molar-refractivity contribution in [1.29, 1.82) is 0 Å². The van der Waals surface area contributed by atoms with E-state index in [1.165, 1.54) is 0 Å². The molecule has 76 valence electrons. The van der Waals surface area contributed by atoms with Gasteiger partial charge in [-0.15, -0.1) is 0 Å². The number of nitrogens with one attached hydrogen (secondary N) is 1. The maximum atomic E-state index is 10.8. The molecule has 0 fully saturated rings. The van der Waals surface area contributed by atoms with Crippen molar-refractivity contribution < 1.29 is 14.3 Å². The zero-order valence-electron chi connectivity index (χ0n) is 8.00. The lowest BCUT2D eigenvalue weighted by atomic mass is 10.2. The first-order valence-corrected chi connectivity index (χ1v) is 4.23. The third-order valence-electron chi connectivity index (χ3n) is 1.51. The smallest absolute Gasteiger partial charge is 0.319 e. The summed E-state index contributed by atoms with van der Waals surface area (Å²) in [6.45, 7) is 4.32. The second-order valence-corrected chi connectivity index (χ2v) is 2.74. The molecule has 0 spiro atoms. The number of amides is 1. The third-order valence-corrected chi connectivity index (χ3v) is 1.51. The van der Waals surface area contributed by atoms with Crippen molar-refractivity contribution in [1.82, 2.24) is 5.32 Å². The Morgan fingerprint density at radius 3 is 2.62 bits per heavy atom. The Kier molecular flexibility index (Phi) is 5.88.